The average Bonchev–Trinajstić information content (AvgIpc) is 3.21. The molecule has 0 spiro atoms. The third-order valence-corrected chi connectivity index (χ3v) is 10.3. The number of hydrogen-bond donors (Lipinski definition) is 3. The Balaban J connectivity index is 1.06. The predicted molar refractivity (Wildman–Crippen MR) is 211 cm³/mol. The molecule has 0 aliphatic carbocycles. The lowest BCUT2D eigenvalue weighted by Gasteiger charge is -2.41. The topological polar surface area (TPSA) is 147 Å². The normalized spacial score (nSPS) is 18.8. The summed E-state index contributed by atoms with van der Waals surface area (Å²) in [5.74, 6) is -0.0112. The zero-order chi connectivity index (χ0) is 38.6. The second-order valence-electron chi connectivity index (χ2n) is 14.3. The summed E-state index contributed by atoms with van der Waals surface area (Å²) in [4.78, 5) is 38.8. The van der Waals surface area contributed by atoms with Crippen molar-refractivity contribution >= 4 is 23.2 Å². The van der Waals surface area contributed by atoms with E-state index >= 15 is 0 Å². The second-order valence-corrected chi connectivity index (χ2v) is 14.3. The molecule has 2 aliphatic rings. The number of aliphatic hydroxyl groups is 1. The zero-order valence-corrected chi connectivity index (χ0v) is 31.4. The number of piperazine rings is 1. The summed E-state index contributed by atoms with van der Waals surface area (Å²) in [6, 6.07) is 31.1. The summed E-state index contributed by atoms with van der Waals surface area (Å²) in [7, 11) is 0. The van der Waals surface area contributed by atoms with Gasteiger partial charge in [0, 0.05) is 89.0 Å². The standard InChI is InChI=1S/C43H51N5O7/c1-31(50)44-21-4-2-3-8-42(51)45-28-33-6-5-7-37(26-33)34-13-15-36(16-14-34)43-54-40(27-41(55-43)35-11-9-32(30-49)10-12-35)29-46-22-24-47(25-23-46)38-17-19-39(20-18-38)48(52)53/h5-7,9-20,26,40-41,43,49H,2-4,8,21-25,27-30H2,1H3,(H,44,50)(H,45,51)/t40-,41+,43+/m0/s1. The summed E-state index contributed by atoms with van der Waals surface area (Å²) in [6.07, 6.45) is 2.85. The average molecular weight is 750 g/mol. The Morgan fingerprint density at radius 3 is 2.24 bits per heavy atom. The number of nitrogens with one attached hydrogen (secondary N) is 2. The monoisotopic (exact) mass is 749 g/mol. The van der Waals surface area contributed by atoms with E-state index in [4.69, 9.17) is 9.47 Å². The van der Waals surface area contributed by atoms with Gasteiger partial charge in [0.2, 0.25) is 11.8 Å². The fourth-order valence-electron chi connectivity index (χ4n) is 7.13. The number of anilines is 1. The quantitative estimate of drug-likeness (QED) is 0.0670. The van der Waals surface area contributed by atoms with Crippen LogP contribution in [-0.4, -0.2) is 72.1 Å². The Bertz CT molecular complexity index is 1860. The van der Waals surface area contributed by atoms with E-state index in [0.29, 0.717) is 25.9 Å². The lowest BCUT2D eigenvalue weighted by molar-refractivity contribution is -0.384. The third-order valence-electron chi connectivity index (χ3n) is 10.3. The molecule has 55 heavy (non-hydrogen) atoms. The van der Waals surface area contributed by atoms with Gasteiger partial charge in [0.15, 0.2) is 6.29 Å². The van der Waals surface area contributed by atoms with E-state index in [9.17, 15) is 24.8 Å². The summed E-state index contributed by atoms with van der Waals surface area (Å²) in [5.41, 5.74) is 7.01. The molecule has 0 aromatic heterocycles. The molecule has 0 unspecified atom stereocenters. The maximum absolute atomic E-state index is 12.4. The van der Waals surface area contributed by atoms with Crippen molar-refractivity contribution in [3.63, 3.8) is 0 Å². The lowest BCUT2D eigenvalue weighted by atomic mass is 9.98. The Morgan fingerprint density at radius 1 is 0.818 bits per heavy atom. The van der Waals surface area contributed by atoms with Crippen LogP contribution in [0.4, 0.5) is 11.4 Å². The van der Waals surface area contributed by atoms with Crippen LogP contribution in [0.25, 0.3) is 11.1 Å². The number of rotatable bonds is 16. The molecule has 2 saturated heterocycles. The number of hydrogen-bond acceptors (Lipinski definition) is 9. The molecule has 0 saturated carbocycles. The maximum atomic E-state index is 12.4. The molecular weight excluding hydrogens is 699 g/mol. The number of non-ortho nitro benzene ring substituents is 1. The molecule has 0 bridgehead atoms. The van der Waals surface area contributed by atoms with Crippen molar-refractivity contribution in [1.29, 1.82) is 0 Å². The molecule has 3 atom stereocenters. The minimum absolute atomic E-state index is 0.0149. The number of benzene rings is 4. The number of nitrogens with zero attached hydrogens (tertiary/aromatic N) is 3. The number of carbonyl (C=O) groups is 2. The highest BCUT2D eigenvalue weighted by Gasteiger charge is 2.34. The number of carbonyl (C=O) groups excluding carboxylic acids is 2. The number of ether oxygens (including phenoxy) is 2. The molecule has 4 aromatic carbocycles. The van der Waals surface area contributed by atoms with Gasteiger partial charge in [-0.25, -0.2) is 0 Å². The van der Waals surface area contributed by atoms with E-state index in [1.54, 1.807) is 12.1 Å². The van der Waals surface area contributed by atoms with Gasteiger partial charge < -0.3 is 30.1 Å². The number of aliphatic hydroxyl groups excluding tert-OH is 1. The molecule has 12 heteroatoms. The number of unbranched alkanes of at least 4 members (excludes halogenated alkanes) is 2. The number of nitro benzene ring substituents is 1. The van der Waals surface area contributed by atoms with Gasteiger partial charge in [0.05, 0.1) is 23.7 Å². The van der Waals surface area contributed by atoms with Crippen molar-refractivity contribution in [3.05, 3.63) is 129 Å². The molecule has 3 N–H and O–H groups in total. The van der Waals surface area contributed by atoms with E-state index in [2.05, 4.69) is 56.8 Å². The summed E-state index contributed by atoms with van der Waals surface area (Å²) >= 11 is 0. The van der Waals surface area contributed by atoms with Crippen molar-refractivity contribution in [1.82, 2.24) is 15.5 Å². The molecule has 12 nitrogen and oxygen atoms in total. The van der Waals surface area contributed by atoms with Crippen LogP contribution >= 0.6 is 0 Å². The SMILES string of the molecule is CC(=O)NCCCCCC(=O)NCc1cccc(-c2ccc([C@@H]3O[C@H](CN4CCN(c5ccc([N+](=O)[O-])cc5)CC4)C[C@H](c4ccc(CO)cc4)O3)cc2)c1. The van der Waals surface area contributed by atoms with E-state index in [-0.39, 0.29) is 41.2 Å². The van der Waals surface area contributed by atoms with E-state index in [0.717, 1.165) is 91.1 Å². The van der Waals surface area contributed by atoms with Gasteiger partial charge in [0.1, 0.15) is 0 Å². The first-order chi connectivity index (χ1) is 26.7. The first kappa shape index (κ1) is 39.6. The molecular formula is C43H51N5O7. The first-order valence-corrected chi connectivity index (χ1v) is 19.2. The smallest absolute Gasteiger partial charge is 0.269 e. The molecule has 2 heterocycles. The van der Waals surface area contributed by atoms with Crippen LogP contribution in [0.1, 0.15) is 73.7 Å². The van der Waals surface area contributed by atoms with E-state index < -0.39 is 6.29 Å². The van der Waals surface area contributed by atoms with Crippen molar-refractivity contribution in [2.45, 2.75) is 70.7 Å². The fourth-order valence-corrected chi connectivity index (χ4v) is 7.13. The van der Waals surface area contributed by atoms with E-state index in [1.807, 2.05) is 48.5 Å². The van der Waals surface area contributed by atoms with Crippen molar-refractivity contribution in [2.24, 2.45) is 0 Å². The first-order valence-electron chi connectivity index (χ1n) is 19.2. The Hall–Kier alpha value is -5.14. The Labute approximate surface area is 322 Å². The van der Waals surface area contributed by atoms with Crippen LogP contribution in [0.2, 0.25) is 0 Å². The minimum Gasteiger partial charge on any atom is -0.392 e. The van der Waals surface area contributed by atoms with Gasteiger partial charge in [-0.1, -0.05) is 73.2 Å². The predicted octanol–water partition coefficient (Wildman–Crippen LogP) is 6.43. The molecule has 0 radical (unpaired) electrons. The molecule has 2 fully saturated rings. The maximum Gasteiger partial charge on any atom is 0.269 e. The van der Waals surface area contributed by atoms with Crippen LogP contribution in [0.5, 0.6) is 0 Å². The van der Waals surface area contributed by atoms with E-state index in [1.165, 1.54) is 6.92 Å². The highest BCUT2D eigenvalue weighted by molar-refractivity contribution is 5.76. The molecule has 6 rings (SSSR count). The Kier molecular flexibility index (Phi) is 14.0. The highest BCUT2D eigenvalue weighted by atomic mass is 16.7. The van der Waals surface area contributed by atoms with Crippen molar-refractivity contribution < 1.29 is 29.1 Å². The molecule has 2 aliphatic heterocycles. The zero-order valence-electron chi connectivity index (χ0n) is 31.4. The fraction of sp³-hybridized carbons (Fsp3) is 0.395. The molecule has 4 aromatic rings. The molecule has 2 amide bonds. The minimum atomic E-state index is -0.566. The van der Waals surface area contributed by atoms with Crippen molar-refractivity contribution in [3.8, 4) is 11.1 Å². The van der Waals surface area contributed by atoms with Crippen LogP contribution < -0.4 is 15.5 Å². The van der Waals surface area contributed by atoms with Gasteiger partial charge in [0.25, 0.3) is 5.69 Å². The van der Waals surface area contributed by atoms with Gasteiger partial charge >= 0.3 is 0 Å². The summed E-state index contributed by atoms with van der Waals surface area (Å²) in [5, 5.41) is 26.5. The molecule has 290 valence electrons. The van der Waals surface area contributed by atoms with Gasteiger partial charge in [-0.2, -0.15) is 0 Å². The van der Waals surface area contributed by atoms with Gasteiger partial charge in [-0.3, -0.25) is 24.6 Å². The Morgan fingerprint density at radius 2 is 1.55 bits per heavy atom. The van der Waals surface area contributed by atoms with Gasteiger partial charge in [-0.15, -0.1) is 0 Å². The third kappa shape index (κ3) is 11.4. The summed E-state index contributed by atoms with van der Waals surface area (Å²) < 4.78 is 13.3. The van der Waals surface area contributed by atoms with Crippen LogP contribution in [0.15, 0.2) is 97.1 Å². The van der Waals surface area contributed by atoms with Crippen LogP contribution in [0, 0.1) is 10.1 Å². The summed E-state index contributed by atoms with van der Waals surface area (Å²) in [6.45, 7) is 6.65. The largest absolute Gasteiger partial charge is 0.392 e. The van der Waals surface area contributed by atoms with Crippen LogP contribution in [-0.2, 0) is 32.2 Å². The highest BCUT2D eigenvalue weighted by Crippen LogP contribution is 2.39. The lowest BCUT2D eigenvalue weighted by Crippen LogP contribution is -2.49. The number of nitro groups is 1. The van der Waals surface area contributed by atoms with Gasteiger partial charge in [-0.05, 0) is 58.9 Å². The second kappa shape index (κ2) is 19.4. The number of amides is 2. The van der Waals surface area contributed by atoms with Crippen LogP contribution in [0.3, 0.4) is 0 Å². The van der Waals surface area contributed by atoms with Crippen molar-refractivity contribution in [2.75, 3.05) is 44.2 Å².